The van der Waals surface area contributed by atoms with E-state index < -0.39 is 17.6 Å². The molecule has 0 saturated heterocycles. The average Bonchev–Trinajstić information content (AvgIpc) is 1.96. The van der Waals surface area contributed by atoms with Gasteiger partial charge in [0.1, 0.15) is 11.6 Å². The predicted octanol–water partition coefficient (Wildman–Crippen LogP) is 1.86. The fourth-order valence-electron chi connectivity index (χ4n) is 1.19. The van der Waals surface area contributed by atoms with Gasteiger partial charge in [0.2, 0.25) is 0 Å². The molecule has 0 aromatic heterocycles. The van der Waals surface area contributed by atoms with Gasteiger partial charge in [-0.25, -0.2) is 0 Å². The molecule has 0 aliphatic rings. The highest BCUT2D eigenvalue weighted by atomic mass is 16.6. The van der Waals surface area contributed by atoms with Crippen LogP contribution in [-0.4, -0.2) is 29.3 Å². The minimum absolute atomic E-state index is 0.320. The van der Waals surface area contributed by atoms with Crippen molar-refractivity contribution in [1.82, 2.24) is 0 Å². The van der Waals surface area contributed by atoms with E-state index in [1.54, 1.807) is 6.92 Å². The van der Waals surface area contributed by atoms with Crippen LogP contribution in [0.2, 0.25) is 0 Å². The monoisotopic (exact) mass is 231 g/mol. The molecule has 1 unspecified atom stereocenters. The zero-order valence-electron chi connectivity index (χ0n) is 11.5. The zero-order chi connectivity index (χ0) is 13.1. The summed E-state index contributed by atoms with van der Waals surface area (Å²) < 4.78 is 10.8. The van der Waals surface area contributed by atoms with Crippen LogP contribution in [0.25, 0.3) is 0 Å². The first-order valence-electron chi connectivity index (χ1n) is 5.58. The van der Waals surface area contributed by atoms with Gasteiger partial charge in [-0.15, -0.1) is 0 Å². The smallest absolute Gasteiger partial charge is 0.326 e. The summed E-state index contributed by atoms with van der Waals surface area (Å²) in [5.74, 6) is -0.427. The van der Waals surface area contributed by atoms with E-state index >= 15 is 0 Å². The largest absolute Gasteiger partial charge is 0.459 e. The van der Waals surface area contributed by atoms with Crippen LogP contribution in [-0.2, 0) is 14.3 Å². The summed E-state index contributed by atoms with van der Waals surface area (Å²) in [6.07, 6.45) is -0.366. The fraction of sp³-hybridized carbons (Fsp3) is 0.917. The lowest BCUT2D eigenvalue weighted by Gasteiger charge is -2.29. The van der Waals surface area contributed by atoms with E-state index in [1.165, 1.54) is 0 Å². The highest BCUT2D eigenvalue weighted by Gasteiger charge is 2.29. The van der Waals surface area contributed by atoms with Crippen molar-refractivity contribution >= 4 is 5.97 Å². The summed E-state index contributed by atoms with van der Waals surface area (Å²) in [6, 6.07) is -0.751. The van der Waals surface area contributed by atoms with Crippen molar-refractivity contribution in [3.8, 4) is 0 Å². The van der Waals surface area contributed by atoms with E-state index in [2.05, 4.69) is 0 Å². The normalized spacial score (nSPS) is 16.8. The summed E-state index contributed by atoms with van der Waals surface area (Å²) in [5.41, 5.74) is 4.94. The van der Waals surface area contributed by atoms with Crippen molar-refractivity contribution in [2.75, 3.05) is 0 Å². The first-order chi connectivity index (χ1) is 6.92. The quantitative estimate of drug-likeness (QED) is 0.753. The van der Waals surface area contributed by atoms with Crippen LogP contribution < -0.4 is 5.73 Å². The van der Waals surface area contributed by atoms with Crippen LogP contribution >= 0.6 is 0 Å². The number of nitrogens with two attached hydrogens (primary N) is 1. The molecule has 0 aliphatic heterocycles. The molecule has 4 heteroatoms. The van der Waals surface area contributed by atoms with Crippen LogP contribution in [0.4, 0.5) is 0 Å². The van der Waals surface area contributed by atoms with Crippen LogP contribution in [0.5, 0.6) is 0 Å². The predicted molar refractivity (Wildman–Crippen MR) is 64.1 cm³/mol. The van der Waals surface area contributed by atoms with Gasteiger partial charge in [-0.3, -0.25) is 4.79 Å². The summed E-state index contributed by atoms with van der Waals surface area (Å²) in [4.78, 5) is 11.7. The third kappa shape index (κ3) is 6.80. The molecular weight excluding hydrogens is 206 g/mol. The molecule has 4 nitrogen and oxygen atoms in total. The molecule has 0 bridgehead atoms. The Morgan fingerprint density at radius 3 is 1.81 bits per heavy atom. The molecule has 0 aromatic rings. The van der Waals surface area contributed by atoms with Gasteiger partial charge in [-0.1, -0.05) is 0 Å². The Morgan fingerprint density at radius 1 is 1.06 bits per heavy atom. The van der Waals surface area contributed by atoms with E-state index in [1.807, 2.05) is 41.5 Å². The SMILES string of the molecule is CC(OC(C)(C)C)[C@H](N)C(=O)OC(C)(C)C. The van der Waals surface area contributed by atoms with Gasteiger partial charge in [-0.05, 0) is 48.5 Å². The van der Waals surface area contributed by atoms with Gasteiger partial charge in [-0.2, -0.15) is 0 Å². The maximum atomic E-state index is 11.7. The number of ether oxygens (including phenoxy) is 2. The Balaban J connectivity index is 4.34. The molecule has 0 saturated carbocycles. The molecule has 96 valence electrons. The Kier molecular flexibility index (Phi) is 4.95. The van der Waals surface area contributed by atoms with E-state index in [4.69, 9.17) is 15.2 Å². The van der Waals surface area contributed by atoms with Crippen molar-refractivity contribution in [2.45, 2.75) is 71.8 Å². The van der Waals surface area contributed by atoms with Crippen molar-refractivity contribution < 1.29 is 14.3 Å². The average molecular weight is 231 g/mol. The molecule has 2 atom stereocenters. The Bertz CT molecular complexity index is 238. The van der Waals surface area contributed by atoms with Gasteiger partial charge >= 0.3 is 5.97 Å². The third-order valence-electron chi connectivity index (χ3n) is 1.72. The molecule has 0 aliphatic carbocycles. The highest BCUT2D eigenvalue weighted by Crippen LogP contribution is 2.15. The molecule has 2 N–H and O–H groups in total. The Morgan fingerprint density at radius 2 is 1.50 bits per heavy atom. The Hall–Kier alpha value is -0.610. The summed E-state index contributed by atoms with van der Waals surface area (Å²) in [6.45, 7) is 13.0. The number of esters is 1. The van der Waals surface area contributed by atoms with Crippen LogP contribution in [0, 0.1) is 0 Å². The van der Waals surface area contributed by atoms with Crippen molar-refractivity contribution in [3.63, 3.8) is 0 Å². The van der Waals surface area contributed by atoms with E-state index in [-0.39, 0.29) is 11.7 Å². The van der Waals surface area contributed by atoms with Crippen LogP contribution in [0.3, 0.4) is 0 Å². The summed E-state index contributed by atoms with van der Waals surface area (Å²) in [5, 5.41) is 0. The van der Waals surface area contributed by atoms with Crippen molar-refractivity contribution in [3.05, 3.63) is 0 Å². The van der Waals surface area contributed by atoms with E-state index in [0.29, 0.717) is 0 Å². The lowest BCUT2D eigenvalue weighted by molar-refractivity contribution is -0.162. The number of hydrogen-bond donors (Lipinski definition) is 1. The second kappa shape index (κ2) is 5.15. The first-order valence-corrected chi connectivity index (χ1v) is 5.58. The zero-order valence-corrected chi connectivity index (χ0v) is 11.5. The summed E-state index contributed by atoms with van der Waals surface area (Å²) in [7, 11) is 0. The molecule has 0 radical (unpaired) electrons. The first kappa shape index (κ1) is 15.4. The molecule has 0 fully saturated rings. The number of hydrogen-bond acceptors (Lipinski definition) is 4. The molecular formula is C12H25NO3. The van der Waals surface area contributed by atoms with Crippen molar-refractivity contribution in [1.29, 1.82) is 0 Å². The minimum atomic E-state index is -0.751. The maximum absolute atomic E-state index is 11.7. The second-order valence-corrected chi connectivity index (χ2v) is 5.99. The lowest BCUT2D eigenvalue weighted by atomic mass is 10.1. The molecule has 0 heterocycles. The standard InChI is InChI=1S/C12H25NO3/c1-8(15-11(2,3)4)9(13)10(14)16-12(5,6)7/h8-9H,13H2,1-7H3/t8?,9-/m0/s1. The second-order valence-electron chi connectivity index (χ2n) is 5.99. The van der Waals surface area contributed by atoms with Gasteiger partial charge in [0.15, 0.2) is 0 Å². The molecule has 16 heavy (non-hydrogen) atoms. The lowest BCUT2D eigenvalue weighted by Crippen LogP contribution is -2.47. The Labute approximate surface area is 98.5 Å². The minimum Gasteiger partial charge on any atom is -0.459 e. The van der Waals surface area contributed by atoms with Crippen molar-refractivity contribution in [2.24, 2.45) is 5.73 Å². The number of carbonyl (C=O) groups excluding carboxylic acids is 1. The van der Waals surface area contributed by atoms with Crippen LogP contribution in [0.1, 0.15) is 48.5 Å². The molecule has 0 aromatic carbocycles. The van der Waals surface area contributed by atoms with E-state index in [9.17, 15) is 4.79 Å². The van der Waals surface area contributed by atoms with Gasteiger partial charge in [0.05, 0.1) is 11.7 Å². The number of rotatable bonds is 3. The van der Waals surface area contributed by atoms with Gasteiger partial charge in [0.25, 0.3) is 0 Å². The summed E-state index contributed by atoms with van der Waals surface area (Å²) >= 11 is 0. The van der Waals surface area contributed by atoms with Crippen LogP contribution in [0.15, 0.2) is 0 Å². The maximum Gasteiger partial charge on any atom is 0.326 e. The van der Waals surface area contributed by atoms with Gasteiger partial charge in [0, 0.05) is 0 Å². The molecule has 0 amide bonds. The number of carbonyl (C=O) groups is 1. The highest BCUT2D eigenvalue weighted by molar-refractivity contribution is 5.76. The molecule has 0 rings (SSSR count). The third-order valence-corrected chi connectivity index (χ3v) is 1.72. The molecule has 0 spiro atoms. The fourth-order valence-corrected chi connectivity index (χ4v) is 1.19. The van der Waals surface area contributed by atoms with Gasteiger partial charge < -0.3 is 15.2 Å². The topological polar surface area (TPSA) is 61.5 Å². The van der Waals surface area contributed by atoms with E-state index in [0.717, 1.165) is 0 Å².